The molecular weight excluding hydrogens is 196 g/mol. The van der Waals surface area contributed by atoms with Gasteiger partial charge in [0.05, 0.1) is 13.2 Å². The van der Waals surface area contributed by atoms with Gasteiger partial charge in [-0.25, -0.2) is 0 Å². The number of hydrogen-bond acceptors (Lipinski definition) is 4. The largest absolute Gasteiger partial charge is 0.480 e. The van der Waals surface area contributed by atoms with E-state index in [4.69, 9.17) is 9.84 Å². The van der Waals surface area contributed by atoms with Crippen LogP contribution in [0.5, 0.6) is 0 Å². The van der Waals surface area contributed by atoms with Gasteiger partial charge >= 0.3 is 5.97 Å². The van der Waals surface area contributed by atoms with E-state index in [0.717, 1.165) is 32.8 Å². The summed E-state index contributed by atoms with van der Waals surface area (Å²) in [6.07, 6.45) is 0. The molecule has 0 aromatic carbocycles. The van der Waals surface area contributed by atoms with Gasteiger partial charge in [0.25, 0.3) is 0 Å². The lowest BCUT2D eigenvalue weighted by atomic mass is 10.2. The Hall–Kier alpha value is -0.650. The normalized spacial score (nSPS) is 21.5. The average Bonchev–Trinajstić information content (AvgIpc) is 2.18. The molecule has 5 nitrogen and oxygen atoms in total. The third-order valence-corrected chi connectivity index (χ3v) is 2.80. The summed E-state index contributed by atoms with van der Waals surface area (Å²) in [7, 11) is 1.71. The molecule has 1 aliphatic rings. The van der Waals surface area contributed by atoms with Gasteiger partial charge in [0, 0.05) is 39.3 Å². The maximum atomic E-state index is 10.5. The highest BCUT2D eigenvalue weighted by atomic mass is 16.5. The van der Waals surface area contributed by atoms with E-state index >= 15 is 0 Å². The Balaban J connectivity index is 2.26. The zero-order valence-electron chi connectivity index (χ0n) is 9.48. The lowest BCUT2D eigenvalue weighted by molar-refractivity contribution is -0.138. The Morgan fingerprint density at radius 1 is 1.40 bits per heavy atom. The summed E-state index contributed by atoms with van der Waals surface area (Å²) in [4.78, 5) is 14.8. The van der Waals surface area contributed by atoms with Gasteiger partial charge in [0.15, 0.2) is 0 Å². The summed E-state index contributed by atoms with van der Waals surface area (Å²) >= 11 is 0. The highest BCUT2D eigenvalue weighted by Crippen LogP contribution is 2.06. The van der Waals surface area contributed by atoms with E-state index in [2.05, 4.69) is 11.8 Å². The number of aliphatic carboxylic acids is 1. The Bertz CT molecular complexity index is 203. The van der Waals surface area contributed by atoms with Gasteiger partial charge < -0.3 is 9.84 Å². The number of nitrogens with zero attached hydrogens (tertiary/aromatic N) is 2. The van der Waals surface area contributed by atoms with E-state index in [0.29, 0.717) is 6.04 Å². The molecule has 0 spiro atoms. The van der Waals surface area contributed by atoms with Crippen molar-refractivity contribution in [3.05, 3.63) is 0 Å². The van der Waals surface area contributed by atoms with Crippen LogP contribution in [-0.4, -0.2) is 73.4 Å². The summed E-state index contributed by atoms with van der Waals surface area (Å²) in [6.45, 7) is 6.55. The first-order valence-electron chi connectivity index (χ1n) is 5.30. The molecule has 0 amide bonds. The van der Waals surface area contributed by atoms with Crippen LogP contribution < -0.4 is 0 Å². The molecule has 1 N–H and O–H groups in total. The van der Waals surface area contributed by atoms with E-state index in [9.17, 15) is 4.79 Å². The molecule has 88 valence electrons. The molecule has 0 saturated carbocycles. The number of rotatable bonds is 5. The van der Waals surface area contributed by atoms with Crippen molar-refractivity contribution in [3.63, 3.8) is 0 Å². The van der Waals surface area contributed by atoms with Gasteiger partial charge in [-0.2, -0.15) is 0 Å². The van der Waals surface area contributed by atoms with Crippen molar-refractivity contribution in [1.82, 2.24) is 9.80 Å². The Kier molecular flexibility index (Phi) is 5.01. The van der Waals surface area contributed by atoms with E-state index in [1.165, 1.54) is 0 Å². The second-order valence-electron chi connectivity index (χ2n) is 4.01. The van der Waals surface area contributed by atoms with Crippen LogP contribution in [-0.2, 0) is 9.53 Å². The van der Waals surface area contributed by atoms with Crippen molar-refractivity contribution in [2.75, 3.05) is 46.4 Å². The first kappa shape index (κ1) is 12.4. The average molecular weight is 216 g/mol. The first-order valence-corrected chi connectivity index (χ1v) is 5.30. The molecular formula is C10H20N2O3. The molecule has 0 bridgehead atoms. The molecule has 1 fully saturated rings. The van der Waals surface area contributed by atoms with Crippen LogP contribution in [0.25, 0.3) is 0 Å². The smallest absolute Gasteiger partial charge is 0.317 e. The minimum atomic E-state index is -0.742. The third kappa shape index (κ3) is 4.15. The van der Waals surface area contributed by atoms with Crippen molar-refractivity contribution >= 4 is 5.97 Å². The molecule has 5 heteroatoms. The topological polar surface area (TPSA) is 53.0 Å². The molecule has 0 aliphatic carbocycles. The van der Waals surface area contributed by atoms with Crippen LogP contribution in [0.1, 0.15) is 6.92 Å². The highest BCUT2D eigenvalue weighted by Gasteiger charge is 2.21. The lowest BCUT2D eigenvalue weighted by Gasteiger charge is -2.37. The number of carboxylic acids is 1. The Labute approximate surface area is 90.6 Å². The number of ether oxygens (including phenoxy) is 1. The van der Waals surface area contributed by atoms with Gasteiger partial charge in [-0.15, -0.1) is 0 Å². The summed E-state index contributed by atoms with van der Waals surface area (Å²) in [5, 5.41) is 8.65. The molecule has 0 aromatic rings. The lowest BCUT2D eigenvalue weighted by Crippen LogP contribution is -2.51. The van der Waals surface area contributed by atoms with Gasteiger partial charge in [-0.3, -0.25) is 14.6 Å². The highest BCUT2D eigenvalue weighted by molar-refractivity contribution is 5.69. The van der Waals surface area contributed by atoms with E-state index in [1.807, 2.05) is 4.90 Å². The summed E-state index contributed by atoms with van der Waals surface area (Å²) in [5.74, 6) is -0.742. The number of piperazine rings is 1. The monoisotopic (exact) mass is 216 g/mol. The molecule has 0 radical (unpaired) electrons. The zero-order valence-corrected chi connectivity index (χ0v) is 9.48. The van der Waals surface area contributed by atoms with Crippen LogP contribution in [0, 0.1) is 0 Å². The summed E-state index contributed by atoms with van der Waals surface area (Å²) in [5.41, 5.74) is 0. The molecule has 1 atom stereocenters. The second-order valence-corrected chi connectivity index (χ2v) is 4.01. The van der Waals surface area contributed by atoms with Crippen LogP contribution in [0.2, 0.25) is 0 Å². The zero-order chi connectivity index (χ0) is 11.3. The summed E-state index contributed by atoms with van der Waals surface area (Å²) < 4.78 is 5.10. The van der Waals surface area contributed by atoms with Gasteiger partial charge in [0.1, 0.15) is 0 Å². The molecule has 1 heterocycles. The minimum absolute atomic E-state index is 0.159. The van der Waals surface area contributed by atoms with E-state index in [1.54, 1.807) is 7.11 Å². The predicted octanol–water partition coefficient (Wildman–Crippen LogP) is -0.276. The maximum absolute atomic E-state index is 10.5. The molecule has 1 unspecified atom stereocenters. The van der Waals surface area contributed by atoms with Gasteiger partial charge in [0.2, 0.25) is 0 Å². The van der Waals surface area contributed by atoms with Crippen molar-refractivity contribution < 1.29 is 14.6 Å². The molecule has 1 rings (SSSR count). The summed E-state index contributed by atoms with van der Waals surface area (Å²) in [6, 6.07) is 0.418. The fraction of sp³-hybridized carbons (Fsp3) is 0.900. The number of carboxylic acid groups (broad SMARTS) is 1. The van der Waals surface area contributed by atoms with Crippen LogP contribution in [0.3, 0.4) is 0 Å². The standard InChI is InChI=1S/C10H20N2O3/c1-9(8-15-2)12-5-3-11(4-6-12)7-10(13)14/h9H,3-8H2,1-2H3,(H,13,14). The number of hydrogen-bond donors (Lipinski definition) is 1. The van der Waals surface area contributed by atoms with E-state index < -0.39 is 5.97 Å². The van der Waals surface area contributed by atoms with Crippen molar-refractivity contribution in [1.29, 1.82) is 0 Å². The van der Waals surface area contributed by atoms with Crippen LogP contribution in [0.4, 0.5) is 0 Å². The minimum Gasteiger partial charge on any atom is -0.480 e. The predicted molar refractivity (Wildman–Crippen MR) is 57.0 cm³/mol. The molecule has 15 heavy (non-hydrogen) atoms. The maximum Gasteiger partial charge on any atom is 0.317 e. The van der Waals surface area contributed by atoms with Crippen LogP contribution in [0.15, 0.2) is 0 Å². The first-order chi connectivity index (χ1) is 7.13. The molecule has 1 aliphatic heterocycles. The van der Waals surface area contributed by atoms with Crippen molar-refractivity contribution in [2.24, 2.45) is 0 Å². The fourth-order valence-electron chi connectivity index (χ4n) is 1.90. The third-order valence-electron chi connectivity index (χ3n) is 2.80. The van der Waals surface area contributed by atoms with Crippen molar-refractivity contribution in [3.8, 4) is 0 Å². The Morgan fingerprint density at radius 2 is 2.00 bits per heavy atom. The second kappa shape index (κ2) is 6.05. The number of carbonyl (C=O) groups is 1. The number of methoxy groups -OCH3 is 1. The Morgan fingerprint density at radius 3 is 2.47 bits per heavy atom. The van der Waals surface area contributed by atoms with Gasteiger partial charge in [-0.1, -0.05) is 0 Å². The van der Waals surface area contributed by atoms with Gasteiger partial charge in [-0.05, 0) is 6.92 Å². The quantitative estimate of drug-likeness (QED) is 0.685. The SMILES string of the molecule is COCC(C)N1CCN(CC(=O)O)CC1. The fourth-order valence-corrected chi connectivity index (χ4v) is 1.90. The van der Waals surface area contributed by atoms with Crippen molar-refractivity contribution in [2.45, 2.75) is 13.0 Å². The van der Waals surface area contributed by atoms with E-state index in [-0.39, 0.29) is 6.54 Å². The molecule has 0 aromatic heterocycles. The molecule has 1 saturated heterocycles. The van der Waals surface area contributed by atoms with Crippen LogP contribution >= 0.6 is 0 Å².